The van der Waals surface area contributed by atoms with Crippen LogP contribution < -0.4 is 19.9 Å². The van der Waals surface area contributed by atoms with E-state index < -0.39 is 0 Å². The number of hydrogen-bond donors (Lipinski definition) is 1. The minimum absolute atomic E-state index is 0.315. The summed E-state index contributed by atoms with van der Waals surface area (Å²) in [5, 5.41) is 4.12. The van der Waals surface area contributed by atoms with Gasteiger partial charge in [-0.3, -0.25) is 0 Å². The van der Waals surface area contributed by atoms with Crippen LogP contribution in [0.4, 0.5) is 23.0 Å². The van der Waals surface area contributed by atoms with Crippen molar-refractivity contribution in [2.45, 2.75) is 25.9 Å². The standard InChI is InChI=1S/C29H30ClN5O/c1-20-18-34(19-21(2)35(20)24-9-5-4-6-10-24)28-17-27(31-25-11-7-8-12-26(25)36-3)32-29(33-28)22-13-15-23(30)16-14-22/h4-17,20-21H,18-19H2,1-3H3,(H,31,32,33). The van der Waals surface area contributed by atoms with Crippen LogP contribution in [-0.2, 0) is 0 Å². The highest BCUT2D eigenvalue weighted by Gasteiger charge is 2.30. The van der Waals surface area contributed by atoms with Gasteiger partial charge in [0.15, 0.2) is 5.82 Å². The van der Waals surface area contributed by atoms with E-state index >= 15 is 0 Å². The molecule has 184 valence electrons. The van der Waals surface area contributed by atoms with Crippen molar-refractivity contribution in [3.8, 4) is 17.1 Å². The van der Waals surface area contributed by atoms with Crippen molar-refractivity contribution in [2.75, 3.05) is 35.3 Å². The number of rotatable bonds is 6. The van der Waals surface area contributed by atoms with Crippen LogP contribution in [0, 0.1) is 0 Å². The first kappa shape index (κ1) is 23.9. The maximum Gasteiger partial charge on any atom is 0.163 e. The maximum absolute atomic E-state index is 6.14. The molecule has 1 fully saturated rings. The van der Waals surface area contributed by atoms with E-state index in [1.807, 2.05) is 54.6 Å². The van der Waals surface area contributed by atoms with Crippen LogP contribution in [0.5, 0.6) is 5.75 Å². The predicted molar refractivity (Wildman–Crippen MR) is 149 cm³/mol. The van der Waals surface area contributed by atoms with Crippen molar-refractivity contribution in [1.29, 1.82) is 0 Å². The summed E-state index contributed by atoms with van der Waals surface area (Å²) < 4.78 is 5.54. The Labute approximate surface area is 217 Å². The van der Waals surface area contributed by atoms with Crippen molar-refractivity contribution in [3.05, 3.63) is 90.0 Å². The van der Waals surface area contributed by atoms with E-state index in [9.17, 15) is 0 Å². The molecule has 0 aliphatic carbocycles. The molecule has 0 bridgehead atoms. The van der Waals surface area contributed by atoms with Gasteiger partial charge in [-0.1, -0.05) is 41.9 Å². The van der Waals surface area contributed by atoms with Gasteiger partial charge in [-0.2, -0.15) is 0 Å². The summed E-state index contributed by atoms with van der Waals surface area (Å²) in [5.41, 5.74) is 3.01. The zero-order valence-electron chi connectivity index (χ0n) is 20.7. The molecule has 1 aliphatic heterocycles. The normalized spacial score (nSPS) is 17.7. The van der Waals surface area contributed by atoms with Crippen molar-refractivity contribution in [3.63, 3.8) is 0 Å². The average Bonchev–Trinajstić information content (AvgIpc) is 2.89. The van der Waals surface area contributed by atoms with E-state index in [1.54, 1.807) is 7.11 Å². The Kier molecular flexibility index (Phi) is 6.96. The number of nitrogens with zero attached hydrogens (tertiary/aromatic N) is 4. The number of ether oxygens (including phenoxy) is 1. The van der Waals surface area contributed by atoms with Crippen LogP contribution in [-0.4, -0.2) is 42.3 Å². The van der Waals surface area contributed by atoms with Gasteiger partial charge in [0.1, 0.15) is 17.4 Å². The molecule has 1 aromatic heterocycles. The van der Waals surface area contributed by atoms with E-state index in [-0.39, 0.29) is 0 Å². The number of para-hydroxylation sites is 3. The fourth-order valence-corrected chi connectivity index (χ4v) is 5.02. The van der Waals surface area contributed by atoms with Crippen LogP contribution >= 0.6 is 11.6 Å². The Hall–Kier alpha value is -3.77. The quantitative estimate of drug-likeness (QED) is 0.320. The largest absolute Gasteiger partial charge is 0.495 e. The lowest BCUT2D eigenvalue weighted by molar-refractivity contribution is 0.417. The molecule has 5 rings (SSSR count). The Balaban J connectivity index is 1.50. The first-order valence-electron chi connectivity index (χ1n) is 12.1. The summed E-state index contributed by atoms with van der Waals surface area (Å²) >= 11 is 6.14. The molecule has 36 heavy (non-hydrogen) atoms. The van der Waals surface area contributed by atoms with Gasteiger partial charge in [0.2, 0.25) is 0 Å². The minimum Gasteiger partial charge on any atom is -0.495 e. The van der Waals surface area contributed by atoms with E-state index in [4.69, 9.17) is 26.3 Å². The monoisotopic (exact) mass is 499 g/mol. The Bertz CT molecular complexity index is 1300. The van der Waals surface area contributed by atoms with Crippen LogP contribution in [0.15, 0.2) is 84.9 Å². The van der Waals surface area contributed by atoms with Crippen LogP contribution in [0.3, 0.4) is 0 Å². The summed E-state index contributed by atoms with van der Waals surface area (Å²) in [6.45, 7) is 6.24. The summed E-state index contributed by atoms with van der Waals surface area (Å²) in [4.78, 5) is 14.7. The third-order valence-corrected chi connectivity index (χ3v) is 6.73. The highest BCUT2D eigenvalue weighted by molar-refractivity contribution is 6.30. The molecule has 0 amide bonds. The van der Waals surface area contributed by atoms with E-state index in [1.165, 1.54) is 5.69 Å². The molecule has 6 nitrogen and oxygen atoms in total. The van der Waals surface area contributed by atoms with Gasteiger partial charge >= 0.3 is 0 Å². The summed E-state index contributed by atoms with van der Waals surface area (Å²) in [6.07, 6.45) is 0. The molecule has 0 spiro atoms. The van der Waals surface area contributed by atoms with E-state index in [0.29, 0.717) is 28.7 Å². The molecule has 2 unspecified atom stereocenters. The molecular formula is C29H30ClN5O. The molecular weight excluding hydrogens is 470 g/mol. The lowest BCUT2D eigenvalue weighted by atomic mass is 10.1. The number of halogens is 1. The summed E-state index contributed by atoms with van der Waals surface area (Å²) in [7, 11) is 1.67. The number of anilines is 4. The number of benzene rings is 3. The fraction of sp³-hybridized carbons (Fsp3) is 0.241. The van der Waals surface area contributed by atoms with Gasteiger partial charge in [-0.25, -0.2) is 9.97 Å². The average molecular weight is 500 g/mol. The van der Waals surface area contributed by atoms with Crippen molar-refractivity contribution in [1.82, 2.24) is 9.97 Å². The molecule has 7 heteroatoms. The Morgan fingerprint density at radius 3 is 2.22 bits per heavy atom. The summed E-state index contributed by atoms with van der Waals surface area (Å²) in [5.74, 6) is 3.00. The van der Waals surface area contributed by atoms with Gasteiger partial charge in [0, 0.05) is 47.5 Å². The lowest BCUT2D eigenvalue weighted by Crippen LogP contribution is -2.57. The van der Waals surface area contributed by atoms with Crippen molar-refractivity contribution < 1.29 is 4.74 Å². The molecule has 0 saturated carbocycles. The zero-order valence-corrected chi connectivity index (χ0v) is 21.5. The van der Waals surface area contributed by atoms with Crippen LogP contribution in [0.2, 0.25) is 5.02 Å². The van der Waals surface area contributed by atoms with Gasteiger partial charge in [-0.15, -0.1) is 0 Å². The maximum atomic E-state index is 6.14. The molecule has 0 radical (unpaired) electrons. The highest BCUT2D eigenvalue weighted by atomic mass is 35.5. The molecule has 2 atom stereocenters. The topological polar surface area (TPSA) is 53.5 Å². The summed E-state index contributed by atoms with van der Waals surface area (Å²) in [6, 6.07) is 28.7. The Morgan fingerprint density at radius 2 is 1.53 bits per heavy atom. The van der Waals surface area contributed by atoms with Gasteiger partial charge in [0.25, 0.3) is 0 Å². The van der Waals surface area contributed by atoms with Crippen molar-refractivity contribution >= 4 is 34.6 Å². The predicted octanol–water partition coefficient (Wildman–Crippen LogP) is 6.65. The molecule has 1 saturated heterocycles. The smallest absolute Gasteiger partial charge is 0.163 e. The van der Waals surface area contributed by atoms with Crippen LogP contribution in [0.25, 0.3) is 11.4 Å². The number of nitrogens with one attached hydrogen (secondary N) is 1. The Morgan fingerprint density at radius 1 is 0.861 bits per heavy atom. The van der Waals surface area contributed by atoms with Crippen molar-refractivity contribution in [2.24, 2.45) is 0 Å². The SMILES string of the molecule is COc1ccccc1Nc1cc(N2CC(C)N(c3ccccc3)C(C)C2)nc(-c2ccc(Cl)cc2)n1. The molecule has 4 aromatic rings. The molecule has 3 aromatic carbocycles. The molecule has 1 N–H and O–H groups in total. The van der Waals surface area contributed by atoms with Crippen LogP contribution in [0.1, 0.15) is 13.8 Å². The molecule has 2 heterocycles. The van der Waals surface area contributed by atoms with Gasteiger partial charge in [-0.05, 0) is 62.4 Å². The third kappa shape index (κ3) is 5.09. The first-order valence-corrected chi connectivity index (χ1v) is 12.5. The number of piperazine rings is 1. The zero-order chi connectivity index (χ0) is 25.1. The number of hydrogen-bond acceptors (Lipinski definition) is 6. The van der Waals surface area contributed by atoms with Gasteiger partial charge in [0.05, 0.1) is 12.8 Å². The van der Waals surface area contributed by atoms with Gasteiger partial charge < -0.3 is 19.9 Å². The minimum atomic E-state index is 0.315. The lowest BCUT2D eigenvalue weighted by Gasteiger charge is -2.46. The fourth-order valence-electron chi connectivity index (χ4n) is 4.89. The number of methoxy groups -OCH3 is 1. The van der Waals surface area contributed by atoms with E-state index in [2.05, 4.69) is 59.3 Å². The van der Waals surface area contributed by atoms with E-state index in [0.717, 1.165) is 35.9 Å². The second-order valence-electron chi connectivity index (χ2n) is 9.11. The number of aromatic nitrogens is 2. The second kappa shape index (κ2) is 10.5. The highest BCUT2D eigenvalue weighted by Crippen LogP contribution is 2.32. The second-order valence-corrected chi connectivity index (χ2v) is 9.55. The first-order chi connectivity index (χ1) is 17.5. The molecule has 1 aliphatic rings. The third-order valence-electron chi connectivity index (χ3n) is 6.48.